The molecule has 1 saturated carbocycles. The van der Waals surface area contributed by atoms with Gasteiger partial charge in [-0.3, -0.25) is 0 Å². The second-order valence-corrected chi connectivity index (χ2v) is 3.82. The number of hydrogen-bond acceptors (Lipinski definition) is 2. The van der Waals surface area contributed by atoms with Crippen LogP contribution in [0.1, 0.15) is 12.8 Å². The summed E-state index contributed by atoms with van der Waals surface area (Å²) in [7, 11) is 0. The van der Waals surface area contributed by atoms with Crippen molar-refractivity contribution in [3.05, 3.63) is 0 Å². The van der Waals surface area contributed by atoms with Crippen LogP contribution in [0.15, 0.2) is 0 Å². The van der Waals surface area contributed by atoms with E-state index in [-0.39, 0.29) is 26.9 Å². The van der Waals surface area contributed by atoms with Gasteiger partial charge in [-0.2, -0.15) is 0 Å². The third kappa shape index (κ3) is 1.12. The number of rotatable bonds is 2. The molecule has 3 heteroatoms. The predicted octanol–water partition coefficient (Wildman–Crippen LogP) is -2.75. The Bertz CT molecular complexity index is 123. The molecule has 0 bridgehead atoms. The first-order valence-corrected chi connectivity index (χ1v) is 5.29. The number of alkyl halides is 1. The van der Waals surface area contributed by atoms with Crippen molar-refractivity contribution in [1.29, 1.82) is 5.26 Å². The summed E-state index contributed by atoms with van der Waals surface area (Å²) in [5.74, 6) is 0. The van der Waals surface area contributed by atoms with Crippen LogP contribution in [-0.2, 0) is 0 Å². The van der Waals surface area contributed by atoms with Crippen molar-refractivity contribution in [3.63, 3.8) is 0 Å². The summed E-state index contributed by atoms with van der Waals surface area (Å²) in [5, 5.41) is 8.50. The van der Waals surface area contributed by atoms with Crippen molar-refractivity contribution in [3.8, 4) is 6.07 Å². The van der Waals surface area contributed by atoms with E-state index in [1.807, 2.05) is 0 Å². The van der Waals surface area contributed by atoms with Gasteiger partial charge < -0.3 is 0 Å². The zero-order chi connectivity index (χ0) is 6.04. The molecule has 0 aromatic heterocycles. The molecule has 2 N–H and O–H groups in total. The maximum absolute atomic E-state index is 8.50. The molecule has 0 heterocycles. The van der Waals surface area contributed by atoms with Gasteiger partial charge in [-0.1, -0.05) is 0 Å². The standard InChI is InChI=1S/C5H8IN2/c7-4-5(1-2-5)3-6-8/h1-3,8H2/q-1. The van der Waals surface area contributed by atoms with Crippen LogP contribution in [0.25, 0.3) is 0 Å². The Balaban J connectivity index is 2.33. The van der Waals surface area contributed by atoms with Crippen molar-refractivity contribution in [2.45, 2.75) is 12.8 Å². The van der Waals surface area contributed by atoms with Gasteiger partial charge in [0, 0.05) is 0 Å². The Kier molecular flexibility index (Phi) is 1.73. The minimum absolute atomic E-state index is 0.0715. The molecule has 1 rings (SSSR count). The Morgan fingerprint density at radius 1 is 1.75 bits per heavy atom. The van der Waals surface area contributed by atoms with Crippen LogP contribution < -0.4 is 25.4 Å². The molecule has 0 atom stereocenters. The van der Waals surface area contributed by atoms with Crippen LogP contribution in [0.5, 0.6) is 0 Å². The Morgan fingerprint density at radius 2 is 2.38 bits per heavy atom. The van der Waals surface area contributed by atoms with E-state index in [4.69, 9.17) is 9.21 Å². The van der Waals surface area contributed by atoms with E-state index in [1.165, 1.54) is 0 Å². The van der Waals surface area contributed by atoms with E-state index >= 15 is 0 Å². The molecule has 46 valence electrons. The van der Waals surface area contributed by atoms with Crippen LogP contribution in [0.4, 0.5) is 0 Å². The van der Waals surface area contributed by atoms with Gasteiger partial charge in [-0.25, -0.2) is 0 Å². The zero-order valence-electron chi connectivity index (χ0n) is 4.52. The molecule has 0 saturated heterocycles. The summed E-state index contributed by atoms with van der Waals surface area (Å²) in [6.45, 7) is 0. The third-order valence-corrected chi connectivity index (χ3v) is 3.32. The van der Waals surface area contributed by atoms with Gasteiger partial charge in [0.05, 0.1) is 0 Å². The quantitative estimate of drug-likeness (QED) is 0.313. The van der Waals surface area contributed by atoms with Crippen LogP contribution in [0.2, 0.25) is 0 Å². The van der Waals surface area contributed by atoms with Crippen LogP contribution in [0, 0.1) is 16.7 Å². The average Bonchev–Trinajstić information content (AvgIpc) is 2.50. The number of halogens is 1. The summed E-state index contributed by atoms with van der Waals surface area (Å²) in [6.07, 6.45) is 2.20. The van der Waals surface area contributed by atoms with Gasteiger partial charge in [0.15, 0.2) is 0 Å². The Hall–Kier alpha value is 0.180. The SMILES string of the molecule is N#CC1(C[I-]N)CC1. The van der Waals surface area contributed by atoms with Crippen molar-refractivity contribution in [2.24, 2.45) is 9.36 Å². The van der Waals surface area contributed by atoms with E-state index < -0.39 is 0 Å². The maximum atomic E-state index is 8.50. The number of hydrogen-bond donors (Lipinski definition) is 1. The van der Waals surface area contributed by atoms with Crippen LogP contribution >= 0.6 is 0 Å². The van der Waals surface area contributed by atoms with Gasteiger partial charge in [-0.15, -0.1) is 0 Å². The van der Waals surface area contributed by atoms with Crippen molar-refractivity contribution in [2.75, 3.05) is 4.43 Å². The fourth-order valence-corrected chi connectivity index (χ4v) is 2.35. The molecule has 0 aliphatic heterocycles. The molecule has 1 aliphatic carbocycles. The minimum atomic E-state index is -0.149. The van der Waals surface area contributed by atoms with Crippen molar-refractivity contribution < 1.29 is 21.5 Å². The molecule has 0 spiro atoms. The third-order valence-electron chi connectivity index (χ3n) is 1.42. The van der Waals surface area contributed by atoms with Gasteiger partial charge in [-0.05, 0) is 0 Å². The van der Waals surface area contributed by atoms with Gasteiger partial charge in [0.1, 0.15) is 0 Å². The number of nitriles is 1. The van der Waals surface area contributed by atoms with Gasteiger partial charge in [0.2, 0.25) is 0 Å². The second-order valence-electron chi connectivity index (χ2n) is 2.18. The molecule has 2 nitrogen and oxygen atoms in total. The van der Waals surface area contributed by atoms with Gasteiger partial charge in [0.25, 0.3) is 0 Å². The van der Waals surface area contributed by atoms with Crippen LogP contribution in [-0.4, -0.2) is 4.43 Å². The molecule has 0 aromatic rings. The monoisotopic (exact) mass is 223 g/mol. The first kappa shape index (κ1) is 6.30. The molecule has 8 heavy (non-hydrogen) atoms. The fraction of sp³-hybridized carbons (Fsp3) is 0.800. The van der Waals surface area contributed by atoms with E-state index in [2.05, 4.69) is 6.07 Å². The molecular weight excluding hydrogens is 215 g/mol. The molecule has 1 aliphatic rings. The summed E-state index contributed by atoms with van der Waals surface area (Å²) in [5.41, 5.74) is 0.0715. The average molecular weight is 223 g/mol. The summed E-state index contributed by atoms with van der Waals surface area (Å²) in [4.78, 5) is 0. The van der Waals surface area contributed by atoms with Crippen LogP contribution in [0.3, 0.4) is 0 Å². The van der Waals surface area contributed by atoms with Crippen molar-refractivity contribution >= 4 is 0 Å². The topological polar surface area (TPSA) is 49.8 Å². The molecule has 0 unspecified atom stereocenters. The van der Waals surface area contributed by atoms with E-state index in [0.29, 0.717) is 0 Å². The predicted molar refractivity (Wildman–Crippen MR) is 26.3 cm³/mol. The zero-order valence-corrected chi connectivity index (χ0v) is 6.68. The molecule has 0 aromatic carbocycles. The molecule has 0 amide bonds. The number of nitrogens with two attached hydrogens (primary N) is 1. The fourth-order valence-electron chi connectivity index (χ4n) is 0.574. The summed E-state index contributed by atoms with van der Waals surface area (Å²) >= 11 is -0.149. The summed E-state index contributed by atoms with van der Waals surface area (Å²) in [6, 6.07) is 2.30. The first-order valence-electron chi connectivity index (χ1n) is 2.52. The summed E-state index contributed by atoms with van der Waals surface area (Å²) < 4.78 is 6.39. The molecule has 1 fully saturated rings. The Morgan fingerprint density at radius 3 is 2.50 bits per heavy atom. The molecule has 0 radical (unpaired) electrons. The Labute approximate surface area is 59.7 Å². The number of nitrogens with zero attached hydrogens (tertiary/aromatic N) is 1. The van der Waals surface area contributed by atoms with E-state index in [9.17, 15) is 0 Å². The first-order chi connectivity index (χ1) is 3.83. The van der Waals surface area contributed by atoms with E-state index in [0.717, 1.165) is 17.3 Å². The normalized spacial score (nSPS) is 22.5. The van der Waals surface area contributed by atoms with Gasteiger partial charge >= 0.3 is 59.4 Å². The second kappa shape index (κ2) is 2.19. The molecular formula is C5H8IN2-. The van der Waals surface area contributed by atoms with Crippen molar-refractivity contribution in [1.82, 2.24) is 0 Å². The van der Waals surface area contributed by atoms with E-state index in [1.54, 1.807) is 0 Å².